The summed E-state index contributed by atoms with van der Waals surface area (Å²) in [5.74, 6) is -0.934. The van der Waals surface area contributed by atoms with Crippen LogP contribution in [0.2, 0.25) is 0 Å². The molecule has 1 N–H and O–H groups in total. The van der Waals surface area contributed by atoms with Crippen molar-refractivity contribution in [2.45, 2.75) is 44.3 Å². The molecule has 0 bridgehead atoms. The summed E-state index contributed by atoms with van der Waals surface area (Å²) < 4.78 is 33.8. The van der Waals surface area contributed by atoms with Crippen molar-refractivity contribution in [3.63, 3.8) is 0 Å². The minimum absolute atomic E-state index is 0.102. The van der Waals surface area contributed by atoms with Gasteiger partial charge in [-0.15, -0.1) is 0 Å². The molecule has 2 aliphatic carbocycles. The minimum Gasteiger partial charge on any atom is -0.383 e. The van der Waals surface area contributed by atoms with Gasteiger partial charge >= 0.3 is 0 Å². The first kappa shape index (κ1) is 14.7. The highest BCUT2D eigenvalue weighted by molar-refractivity contribution is 5.52. The fraction of sp³-hybridized carbons (Fsp3) is 0.625. The predicted octanol–water partition coefficient (Wildman–Crippen LogP) is 2.83. The minimum atomic E-state index is -0.467. The maximum Gasteiger partial charge on any atom is 0.149 e. The van der Waals surface area contributed by atoms with E-state index >= 15 is 0 Å². The first-order valence-corrected chi connectivity index (χ1v) is 7.66. The van der Waals surface area contributed by atoms with Crippen molar-refractivity contribution >= 4 is 5.69 Å². The molecule has 3 nitrogen and oxygen atoms in total. The van der Waals surface area contributed by atoms with Gasteiger partial charge in [0.05, 0.1) is 6.61 Å². The monoisotopic (exact) mass is 296 g/mol. The van der Waals surface area contributed by atoms with E-state index in [0.717, 1.165) is 25.7 Å². The molecule has 5 heteroatoms. The summed E-state index contributed by atoms with van der Waals surface area (Å²) in [7, 11) is 1.60. The zero-order chi connectivity index (χ0) is 14.8. The summed E-state index contributed by atoms with van der Waals surface area (Å²) in [4.78, 5) is 1.81. The van der Waals surface area contributed by atoms with Gasteiger partial charge in [0.25, 0.3) is 0 Å². The van der Waals surface area contributed by atoms with Gasteiger partial charge in [0.2, 0.25) is 0 Å². The van der Waals surface area contributed by atoms with Crippen molar-refractivity contribution in [3.05, 3.63) is 29.3 Å². The Labute approximate surface area is 124 Å². The summed E-state index contributed by atoms with van der Waals surface area (Å²) in [5, 5.41) is 3.28. The van der Waals surface area contributed by atoms with Crippen LogP contribution in [-0.4, -0.2) is 32.3 Å². The molecular weight excluding hydrogens is 274 g/mol. The van der Waals surface area contributed by atoms with Gasteiger partial charge in [0.15, 0.2) is 0 Å². The fourth-order valence-corrected chi connectivity index (χ4v) is 2.60. The Morgan fingerprint density at radius 3 is 2.38 bits per heavy atom. The van der Waals surface area contributed by atoms with Gasteiger partial charge in [0, 0.05) is 32.3 Å². The van der Waals surface area contributed by atoms with Crippen LogP contribution in [0.25, 0.3) is 0 Å². The SMILES string of the molecule is COCCN(c1c(F)cc(CNC2CC2)cc1F)C1CC1. The number of hydrogen-bond acceptors (Lipinski definition) is 3. The lowest BCUT2D eigenvalue weighted by Crippen LogP contribution is -2.31. The fourth-order valence-electron chi connectivity index (χ4n) is 2.60. The Balaban J connectivity index is 1.76. The molecule has 0 unspecified atom stereocenters. The van der Waals surface area contributed by atoms with Crippen LogP contribution in [0.4, 0.5) is 14.5 Å². The highest BCUT2D eigenvalue weighted by atomic mass is 19.1. The molecule has 0 amide bonds. The van der Waals surface area contributed by atoms with Crippen LogP contribution in [-0.2, 0) is 11.3 Å². The number of nitrogens with one attached hydrogen (secondary N) is 1. The predicted molar refractivity (Wildman–Crippen MR) is 78.5 cm³/mol. The van der Waals surface area contributed by atoms with Crippen LogP contribution < -0.4 is 10.2 Å². The number of hydrogen-bond donors (Lipinski definition) is 1. The van der Waals surface area contributed by atoms with Crippen LogP contribution in [0.5, 0.6) is 0 Å². The lowest BCUT2D eigenvalue weighted by Gasteiger charge is -2.25. The average Bonchev–Trinajstić information content (AvgIpc) is 3.33. The van der Waals surface area contributed by atoms with E-state index in [4.69, 9.17) is 4.74 Å². The number of methoxy groups -OCH3 is 1. The van der Waals surface area contributed by atoms with Gasteiger partial charge < -0.3 is 15.0 Å². The smallest absolute Gasteiger partial charge is 0.149 e. The van der Waals surface area contributed by atoms with E-state index in [2.05, 4.69) is 5.32 Å². The first-order valence-electron chi connectivity index (χ1n) is 7.66. The summed E-state index contributed by atoms with van der Waals surface area (Å²) in [6.07, 6.45) is 4.31. The standard InChI is InChI=1S/C16H22F2N2O/c1-21-7-6-20(13-4-5-13)16-14(17)8-11(9-15(16)18)10-19-12-2-3-12/h8-9,12-13,19H,2-7,10H2,1H3. The van der Waals surface area contributed by atoms with Gasteiger partial charge in [-0.05, 0) is 43.4 Å². The molecular formula is C16H22F2N2O. The third-order valence-corrected chi connectivity index (χ3v) is 4.06. The van der Waals surface area contributed by atoms with Gasteiger partial charge in [-0.25, -0.2) is 8.78 Å². The van der Waals surface area contributed by atoms with E-state index in [1.165, 1.54) is 12.1 Å². The Kier molecular flexibility index (Phi) is 4.40. The summed E-state index contributed by atoms with van der Waals surface area (Å²) in [6.45, 7) is 1.52. The Bertz CT molecular complexity index is 478. The van der Waals surface area contributed by atoms with Crippen LogP contribution >= 0.6 is 0 Å². The molecule has 0 aliphatic heterocycles. The molecule has 116 valence electrons. The molecule has 2 saturated carbocycles. The van der Waals surface area contributed by atoms with Gasteiger partial charge in [-0.1, -0.05) is 0 Å². The molecule has 0 aromatic heterocycles. The maximum atomic E-state index is 14.4. The molecule has 2 aliphatic rings. The number of benzene rings is 1. The van der Waals surface area contributed by atoms with Crippen molar-refractivity contribution in [2.24, 2.45) is 0 Å². The zero-order valence-corrected chi connectivity index (χ0v) is 12.4. The number of ether oxygens (including phenoxy) is 1. The topological polar surface area (TPSA) is 24.5 Å². The van der Waals surface area contributed by atoms with Crippen molar-refractivity contribution in [3.8, 4) is 0 Å². The molecule has 2 fully saturated rings. The van der Waals surface area contributed by atoms with Crippen molar-refractivity contribution in [1.29, 1.82) is 0 Å². The molecule has 0 saturated heterocycles. The van der Waals surface area contributed by atoms with Crippen LogP contribution in [0.15, 0.2) is 12.1 Å². The van der Waals surface area contributed by atoms with E-state index in [-0.39, 0.29) is 11.7 Å². The van der Waals surface area contributed by atoms with Crippen LogP contribution in [0.3, 0.4) is 0 Å². The van der Waals surface area contributed by atoms with Gasteiger partial charge in [-0.3, -0.25) is 0 Å². The van der Waals surface area contributed by atoms with Crippen LogP contribution in [0, 0.1) is 11.6 Å². The molecule has 0 spiro atoms. The Hall–Kier alpha value is -1.20. The molecule has 1 aromatic carbocycles. The number of halogens is 2. The third kappa shape index (κ3) is 3.71. The highest BCUT2D eigenvalue weighted by Crippen LogP contribution is 2.35. The normalized spacial score (nSPS) is 18.0. The van der Waals surface area contributed by atoms with Crippen molar-refractivity contribution in [1.82, 2.24) is 5.32 Å². The molecule has 0 heterocycles. The zero-order valence-electron chi connectivity index (χ0n) is 12.4. The van der Waals surface area contributed by atoms with Crippen LogP contribution in [0.1, 0.15) is 31.2 Å². The first-order chi connectivity index (χ1) is 10.2. The number of nitrogens with zero attached hydrogens (tertiary/aromatic N) is 1. The van der Waals surface area contributed by atoms with Crippen molar-refractivity contribution < 1.29 is 13.5 Å². The Morgan fingerprint density at radius 2 is 1.86 bits per heavy atom. The highest BCUT2D eigenvalue weighted by Gasteiger charge is 2.32. The lowest BCUT2D eigenvalue weighted by molar-refractivity contribution is 0.204. The van der Waals surface area contributed by atoms with E-state index in [0.29, 0.717) is 31.3 Å². The summed E-state index contributed by atoms with van der Waals surface area (Å²) in [6, 6.07) is 3.69. The quantitative estimate of drug-likeness (QED) is 0.798. The molecule has 0 atom stereocenters. The van der Waals surface area contributed by atoms with Crippen molar-refractivity contribution in [2.75, 3.05) is 25.2 Å². The molecule has 0 radical (unpaired) electrons. The lowest BCUT2D eigenvalue weighted by atomic mass is 10.1. The summed E-state index contributed by atoms with van der Waals surface area (Å²) >= 11 is 0. The molecule has 21 heavy (non-hydrogen) atoms. The second-order valence-electron chi connectivity index (χ2n) is 5.98. The largest absolute Gasteiger partial charge is 0.383 e. The number of rotatable bonds is 8. The maximum absolute atomic E-state index is 14.4. The average molecular weight is 296 g/mol. The Morgan fingerprint density at radius 1 is 1.19 bits per heavy atom. The van der Waals surface area contributed by atoms with E-state index in [9.17, 15) is 8.78 Å². The molecule has 3 rings (SSSR count). The second kappa shape index (κ2) is 6.28. The van der Waals surface area contributed by atoms with Gasteiger partial charge in [-0.2, -0.15) is 0 Å². The third-order valence-electron chi connectivity index (χ3n) is 4.06. The van der Waals surface area contributed by atoms with E-state index < -0.39 is 11.6 Å². The second-order valence-corrected chi connectivity index (χ2v) is 5.98. The van der Waals surface area contributed by atoms with E-state index in [1.54, 1.807) is 7.11 Å². The van der Waals surface area contributed by atoms with E-state index in [1.807, 2.05) is 4.90 Å². The summed E-state index contributed by atoms with van der Waals surface area (Å²) in [5.41, 5.74) is 0.771. The molecule has 1 aromatic rings. The van der Waals surface area contributed by atoms with Gasteiger partial charge in [0.1, 0.15) is 17.3 Å². The number of anilines is 1.